The van der Waals surface area contributed by atoms with E-state index < -0.39 is 9.84 Å². The molecule has 0 N–H and O–H groups in total. The molecule has 1 unspecified atom stereocenters. The van der Waals surface area contributed by atoms with Crippen molar-refractivity contribution >= 4 is 9.84 Å². The monoisotopic (exact) mass is 226 g/mol. The predicted molar refractivity (Wildman–Crippen MR) is 58.5 cm³/mol. The molecule has 0 saturated heterocycles. The number of hydrogen-bond acceptors (Lipinski definition) is 3. The van der Waals surface area contributed by atoms with E-state index in [1.807, 2.05) is 19.9 Å². The maximum atomic E-state index is 11.7. The van der Waals surface area contributed by atoms with Gasteiger partial charge in [-0.05, 0) is 25.5 Å². The number of rotatable bonds is 2. The number of aryl methyl sites for hydroxylation is 1. The highest BCUT2D eigenvalue weighted by molar-refractivity contribution is 7.92. The second kappa shape index (κ2) is 3.52. The van der Waals surface area contributed by atoms with E-state index in [9.17, 15) is 8.42 Å². The van der Waals surface area contributed by atoms with Gasteiger partial charge in [-0.25, -0.2) is 8.42 Å². The molecule has 1 aromatic heterocycles. The Morgan fingerprint density at radius 3 is 2.67 bits per heavy atom. The first-order valence-electron chi connectivity index (χ1n) is 4.92. The van der Waals surface area contributed by atoms with E-state index >= 15 is 0 Å². The van der Waals surface area contributed by atoms with Crippen molar-refractivity contribution in [3.8, 4) is 0 Å². The van der Waals surface area contributed by atoms with Crippen LogP contribution in [0.4, 0.5) is 0 Å². The number of sulfone groups is 1. The van der Waals surface area contributed by atoms with Crippen LogP contribution >= 0.6 is 0 Å². The van der Waals surface area contributed by atoms with E-state index in [4.69, 9.17) is 4.42 Å². The molecule has 82 valence electrons. The lowest BCUT2D eigenvalue weighted by atomic mass is 10.1. The van der Waals surface area contributed by atoms with E-state index in [-0.39, 0.29) is 11.0 Å². The fourth-order valence-electron chi connectivity index (χ4n) is 1.85. The molecule has 0 bridgehead atoms. The lowest BCUT2D eigenvalue weighted by molar-refractivity contribution is 0.502. The number of hydrogen-bond donors (Lipinski definition) is 0. The van der Waals surface area contributed by atoms with E-state index in [0.717, 1.165) is 16.9 Å². The second-order valence-corrected chi connectivity index (χ2v) is 6.23. The van der Waals surface area contributed by atoms with Crippen molar-refractivity contribution in [2.24, 2.45) is 0 Å². The minimum absolute atomic E-state index is 0.170. The van der Waals surface area contributed by atoms with Crippen LogP contribution in [0.3, 0.4) is 0 Å². The van der Waals surface area contributed by atoms with Gasteiger partial charge in [-0.2, -0.15) is 0 Å². The molecule has 3 nitrogen and oxygen atoms in total. The maximum Gasteiger partial charge on any atom is 0.160 e. The molecule has 0 aliphatic carbocycles. The highest BCUT2D eigenvalue weighted by Gasteiger charge is 2.32. The van der Waals surface area contributed by atoms with Crippen LogP contribution in [0.5, 0.6) is 0 Å². The Labute approximate surface area is 89.7 Å². The van der Waals surface area contributed by atoms with Gasteiger partial charge < -0.3 is 4.42 Å². The van der Waals surface area contributed by atoms with Crippen LogP contribution in [0, 0.1) is 6.92 Å². The third-order valence-corrected chi connectivity index (χ3v) is 4.95. The smallest absolute Gasteiger partial charge is 0.160 e. The summed E-state index contributed by atoms with van der Waals surface area (Å²) in [4.78, 5) is 0. The summed E-state index contributed by atoms with van der Waals surface area (Å²) in [6.07, 6.45) is 3.85. The van der Waals surface area contributed by atoms with Crippen molar-refractivity contribution in [2.75, 3.05) is 5.75 Å². The third kappa shape index (κ3) is 1.86. The molecule has 0 aromatic carbocycles. The highest BCUT2D eigenvalue weighted by atomic mass is 32.2. The Morgan fingerprint density at radius 2 is 2.20 bits per heavy atom. The van der Waals surface area contributed by atoms with Crippen LogP contribution in [0.15, 0.2) is 28.4 Å². The SMILES string of the molecule is CC1=CCS(=O)(=O)C1Cc1occc1C. The fraction of sp³-hybridized carbons (Fsp3) is 0.455. The molecule has 1 aromatic rings. The number of furan rings is 1. The Morgan fingerprint density at radius 1 is 1.47 bits per heavy atom. The highest BCUT2D eigenvalue weighted by Crippen LogP contribution is 2.25. The van der Waals surface area contributed by atoms with Gasteiger partial charge in [-0.15, -0.1) is 0 Å². The summed E-state index contributed by atoms with van der Waals surface area (Å²) in [5.74, 6) is 0.946. The molecule has 1 aliphatic heterocycles. The summed E-state index contributed by atoms with van der Waals surface area (Å²) in [5.41, 5.74) is 1.95. The zero-order valence-electron chi connectivity index (χ0n) is 8.86. The first kappa shape index (κ1) is 10.5. The summed E-state index contributed by atoms with van der Waals surface area (Å²) >= 11 is 0. The van der Waals surface area contributed by atoms with Crippen molar-refractivity contribution in [2.45, 2.75) is 25.5 Å². The molecule has 1 aliphatic rings. The Balaban J connectivity index is 2.26. The Hall–Kier alpha value is -1.03. The summed E-state index contributed by atoms with van der Waals surface area (Å²) in [7, 11) is -2.98. The van der Waals surface area contributed by atoms with Gasteiger partial charge in [0.1, 0.15) is 5.76 Å². The van der Waals surface area contributed by atoms with E-state index in [1.54, 1.807) is 12.3 Å². The van der Waals surface area contributed by atoms with E-state index in [0.29, 0.717) is 6.42 Å². The summed E-state index contributed by atoms with van der Waals surface area (Å²) in [6.45, 7) is 3.80. The van der Waals surface area contributed by atoms with Gasteiger partial charge in [0.15, 0.2) is 9.84 Å². The van der Waals surface area contributed by atoms with Crippen LogP contribution in [-0.2, 0) is 16.3 Å². The minimum Gasteiger partial charge on any atom is -0.469 e. The molecule has 1 atom stereocenters. The predicted octanol–water partition coefficient (Wildman–Crippen LogP) is 1.87. The van der Waals surface area contributed by atoms with Crippen LogP contribution in [0.2, 0.25) is 0 Å². The van der Waals surface area contributed by atoms with Crippen LogP contribution in [0.1, 0.15) is 18.2 Å². The third-order valence-electron chi connectivity index (χ3n) is 2.92. The lowest BCUT2D eigenvalue weighted by Crippen LogP contribution is -2.21. The molecule has 15 heavy (non-hydrogen) atoms. The van der Waals surface area contributed by atoms with Crippen LogP contribution in [-0.4, -0.2) is 19.4 Å². The molecule has 0 radical (unpaired) electrons. The zero-order valence-corrected chi connectivity index (χ0v) is 9.67. The molecule has 4 heteroatoms. The topological polar surface area (TPSA) is 47.3 Å². The van der Waals surface area contributed by atoms with Gasteiger partial charge in [-0.1, -0.05) is 11.6 Å². The van der Waals surface area contributed by atoms with Gasteiger partial charge in [-0.3, -0.25) is 0 Å². The summed E-state index contributed by atoms with van der Waals surface area (Å²) < 4.78 is 28.7. The van der Waals surface area contributed by atoms with Crippen molar-refractivity contribution in [1.82, 2.24) is 0 Å². The van der Waals surface area contributed by atoms with Crippen molar-refractivity contribution < 1.29 is 12.8 Å². The van der Waals surface area contributed by atoms with Crippen LogP contribution in [0.25, 0.3) is 0 Å². The molecular weight excluding hydrogens is 212 g/mol. The van der Waals surface area contributed by atoms with E-state index in [2.05, 4.69) is 0 Å². The summed E-state index contributed by atoms with van der Waals surface area (Å²) in [5, 5.41) is -0.387. The van der Waals surface area contributed by atoms with Gasteiger partial charge in [0.05, 0.1) is 17.3 Å². The first-order chi connectivity index (χ1) is 7.00. The lowest BCUT2D eigenvalue weighted by Gasteiger charge is -2.10. The second-order valence-electron chi connectivity index (χ2n) is 4.00. The molecule has 0 fully saturated rings. The standard InChI is InChI=1S/C11H14O3S/c1-8-3-5-14-10(8)7-11-9(2)4-6-15(11,12)13/h3-5,11H,6-7H2,1-2H3. The molecular formula is C11H14O3S. The normalized spacial score (nSPS) is 24.1. The van der Waals surface area contributed by atoms with Crippen molar-refractivity contribution in [1.29, 1.82) is 0 Å². The fourth-order valence-corrected chi connectivity index (χ4v) is 3.64. The van der Waals surface area contributed by atoms with Crippen molar-refractivity contribution in [3.63, 3.8) is 0 Å². The Kier molecular flexibility index (Phi) is 2.46. The maximum absolute atomic E-state index is 11.7. The van der Waals surface area contributed by atoms with Gasteiger partial charge in [0.2, 0.25) is 0 Å². The quantitative estimate of drug-likeness (QED) is 0.723. The van der Waals surface area contributed by atoms with Crippen molar-refractivity contribution in [3.05, 3.63) is 35.3 Å². The molecule has 0 spiro atoms. The van der Waals surface area contributed by atoms with Gasteiger partial charge in [0.25, 0.3) is 0 Å². The minimum atomic E-state index is -2.98. The average Bonchev–Trinajstić information content (AvgIpc) is 2.66. The molecule has 0 saturated carbocycles. The zero-order chi connectivity index (χ0) is 11.1. The summed E-state index contributed by atoms with van der Waals surface area (Å²) in [6, 6.07) is 1.86. The molecule has 2 heterocycles. The van der Waals surface area contributed by atoms with E-state index in [1.165, 1.54) is 0 Å². The van der Waals surface area contributed by atoms with Gasteiger partial charge >= 0.3 is 0 Å². The molecule has 2 rings (SSSR count). The first-order valence-corrected chi connectivity index (χ1v) is 6.63. The largest absolute Gasteiger partial charge is 0.469 e. The molecule has 0 amide bonds. The van der Waals surface area contributed by atoms with Gasteiger partial charge in [0, 0.05) is 6.42 Å². The van der Waals surface area contributed by atoms with Crippen LogP contribution < -0.4 is 0 Å². The average molecular weight is 226 g/mol. The Bertz CT molecular complexity index is 494.